The number of amides is 2. The third-order valence-corrected chi connectivity index (χ3v) is 3.83. The Bertz CT molecular complexity index is 382. The topological polar surface area (TPSA) is 78.9 Å². The van der Waals surface area contributed by atoms with Crippen molar-refractivity contribution in [2.45, 2.75) is 51.4 Å². The highest BCUT2D eigenvalue weighted by Crippen LogP contribution is 2.28. The van der Waals surface area contributed by atoms with Crippen molar-refractivity contribution in [3.8, 4) is 0 Å². The Kier molecular flexibility index (Phi) is 5.92. The van der Waals surface area contributed by atoms with Crippen LogP contribution in [0.1, 0.15) is 34.1 Å². The van der Waals surface area contributed by atoms with Crippen molar-refractivity contribution >= 4 is 23.8 Å². The summed E-state index contributed by atoms with van der Waals surface area (Å²) in [6, 6.07) is -1.19. The van der Waals surface area contributed by atoms with Crippen molar-refractivity contribution in [2.24, 2.45) is 0 Å². The third-order valence-electron chi connectivity index (χ3n) is 3.19. The molecule has 0 aromatic heterocycles. The molecule has 1 rings (SSSR count). The van der Waals surface area contributed by atoms with E-state index in [1.54, 1.807) is 16.7 Å². The van der Waals surface area contributed by atoms with Gasteiger partial charge in [0.1, 0.15) is 6.04 Å². The number of carboxylic acid groups (broad SMARTS) is 1. The summed E-state index contributed by atoms with van der Waals surface area (Å²) in [5.74, 6) is -0.304. The Morgan fingerprint density at radius 3 is 2.24 bits per heavy atom. The number of aliphatic carboxylic acids is 1. The fourth-order valence-electron chi connectivity index (χ4n) is 2.66. The minimum absolute atomic E-state index is 0.340. The Morgan fingerprint density at radius 1 is 1.29 bits per heavy atom. The molecule has 2 amide bonds. The van der Waals surface area contributed by atoms with Crippen LogP contribution in [0.4, 0.5) is 4.79 Å². The number of urea groups is 1. The Hall–Kier alpha value is -0.950. The van der Waals surface area contributed by atoms with E-state index in [1.165, 1.54) is 0 Å². The number of morpholine rings is 1. The molecule has 6 nitrogen and oxygen atoms in total. The Labute approximate surface area is 130 Å². The smallest absolute Gasteiger partial charge is 0.326 e. The van der Waals surface area contributed by atoms with Crippen LogP contribution in [0.25, 0.3) is 0 Å². The maximum Gasteiger partial charge on any atom is 0.326 e. The summed E-state index contributed by atoms with van der Waals surface area (Å²) < 4.78 is 5.92. The highest BCUT2D eigenvalue weighted by molar-refractivity contribution is 7.98. The number of carbonyl (C=O) groups excluding carboxylic acids is 1. The van der Waals surface area contributed by atoms with Crippen LogP contribution in [0.5, 0.6) is 0 Å². The zero-order valence-electron chi connectivity index (χ0n) is 13.4. The maximum atomic E-state index is 12.3. The van der Waals surface area contributed by atoms with Gasteiger partial charge in [0.2, 0.25) is 0 Å². The van der Waals surface area contributed by atoms with E-state index in [2.05, 4.69) is 5.32 Å². The average Bonchev–Trinajstić information content (AvgIpc) is 2.29. The second-order valence-electron chi connectivity index (χ2n) is 6.60. The SMILES string of the molecule is CSCC[C@H](NC(=O)N1CC(C)(C)OC(C)(C)C1)C(=O)O. The van der Waals surface area contributed by atoms with E-state index >= 15 is 0 Å². The second-order valence-corrected chi connectivity index (χ2v) is 7.58. The second kappa shape index (κ2) is 6.87. The molecule has 0 radical (unpaired) electrons. The predicted octanol–water partition coefficient (Wildman–Crippen LogP) is 1.79. The average molecular weight is 318 g/mol. The summed E-state index contributed by atoms with van der Waals surface area (Å²) >= 11 is 1.56. The van der Waals surface area contributed by atoms with Crippen molar-refractivity contribution in [3.05, 3.63) is 0 Å². The fourth-order valence-corrected chi connectivity index (χ4v) is 3.14. The third kappa shape index (κ3) is 5.74. The lowest BCUT2D eigenvalue weighted by Gasteiger charge is -2.47. The number of thioether (sulfide) groups is 1. The van der Waals surface area contributed by atoms with Gasteiger partial charge in [-0.3, -0.25) is 0 Å². The van der Waals surface area contributed by atoms with E-state index in [1.807, 2.05) is 34.0 Å². The van der Waals surface area contributed by atoms with E-state index in [9.17, 15) is 14.7 Å². The molecule has 21 heavy (non-hydrogen) atoms. The van der Waals surface area contributed by atoms with E-state index in [-0.39, 0.29) is 6.03 Å². The van der Waals surface area contributed by atoms with Gasteiger partial charge in [-0.1, -0.05) is 0 Å². The number of carboxylic acids is 1. The number of hydrogen-bond donors (Lipinski definition) is 2. The molecular formula is C14H26N2O4S. The minimum atomic E-state index is -0.996. The summed E-state index contributed by atoms with van der Waals surface area (Å²) in [6.07, 6.45) is 2.33. The monoisotopic (exact) mass is 318 g/mol. The molecule has 0 spiro atoms. The summed E-state index contributed by atoms with van der Waals surface area (Å²) in [4.78, 5) is 25.2. The van der Waals surface area contributed by atoms with Gasteiger partial charge >= 0.3 is 12.0 Å². The summed E-state index contributed by atoms with van der Waals surface area (Å²) in [5.41, 5.74) is -0.895. The fraction of sp³-hybridized carbons (Fsp3) is 0.857. The molecule has 1 heterocycles. The van der Waals surface area contributed by atoms with E-state index < -0.39 is 23.2 Å². The minimum Gasteiger partial charge on any atom is -0.480 e. The number of rotatable bonds is 5. The number of ether oxygens (including phenoxy) is 1. The Morgan fingerprint density at radius 2 is 1.81 bits per heavy atom. The molecule has 0 unspecified atom stereocenters. The molecule has 0 bridgehead atoms. The first-order valence-corrected chi connectivity index (χ1v) is 8.43. The zero-order valence-corrected chi connectivity index (χ0v) is 14.2. The van der Waals surface area contributed by atoms with E-state index in [0.29, 0.717) is 25.3 Å². The number of nitrogens with zero attached hydrogens (tertiary/aromatic N) is 1. The van der Waals surface area contributed by atoms with Crippen LogP contribution >= 0.6 is 11.8 Å². The van der Waals surface area contributed by atoms with Gasteiger partial charge in [-0.25, -0.2) is 9.59 Å². The molecule has 0 aliphatic carbocycles. The molecule has 2 N–H and O–H groups in total. The van der Waals surface area contributed by atoms with Crippen molar-refractivity contribution in [1.29, 1.82) is 0 Å². The van der Waals surface area contributed by atoms with Gasteiger partial charge in [-0.15, -0.1) is 0 Å². The first-order chi connectivity index (χ1) is 9.56. The molecule has 1 saturated heterocycles. The van der Waals surface area contributed by atoms with Gasteiger partial charge in [0.25, 0.3) is 0 Å². The predicted molar refractivity (Wildman–Crippen MR) is 83.8 cm³/mol. The number of nitrogens with one attached hydrogen (secondary N) is 1. The number of hydrogen-bond acceptors (Lipinski definition) is 4. The lowest BCUT2D eigenvalue weighted by atomic mass is 9.99. The quantitative estimate of drug-likeness (QED) is 0.808. The molecule has 1 fully saturated rings. The van der Waals surface area contributed by atoms with Crippen LogP contribution in [-0.4, -0.2) is 64.3 Å². The molecule has 7 heteroatoms. The van der Waals surface area contributed by atoms with Crippen molar-refractivity contribution in [3.63, 3.8) is 0 Å². The van der Waals surface area contributed by atoms with E-state index in [0.717, 1.165) is 0 Å². The van der Waals surface area contributed by atoms with Crippen LogP contribution < -0.4 is 5.32 Å². The van der Waals surface area contributed by atoms with Crippen molar-refractivity contribution < 1.29 is 19.4 Å². The summed E-state index contributed by atoms with van der Waals surface area (Å²) in [7, 11) is 0. The summed E-state index contributed by atoms with van der Waals surface area (Å²) in [6.45, 7) is 8.59. The van der Waals surface area contributed by atoms with Crippen molar-refractivity contribution in [1.82, 2.24) is 10.2 Å². The van der Waals surface area contributed by atoms with E-state index in [4.69, 9.17) is 4.74 Å². The molecule has 1 atom stereocenters. The molecule has 1 aliphatic heterocycles. The zero-order chi connectivity index (χ0) is 16.3. The Balaban J connectivity index is 2.70. The molecular weight excluding hydrogens is 292 g/mol. The van der Waals surface area contributed by atoms with Gasteiger partial charge in [-0.05, 0) is 46.1 Å². The van der Waals surface area contributed by atoms with Gasteiger partial charge in [0.05, 0.1) is 24.3 Å². The van der Waals surface area contributed by atoms with Crippen LogP contribution in [0, 0.1) is 0 Å². The van der Waals surface area contributed by atoms with Gasteiger partial charge in [-0.2, -0.15) is 11.8 Å². The largest absolute Gasteiger partial charge is 0.480 e. The maximum absolute atomic E-state index is 12.3. The highest BCUT2D eigenvalue weighted by atomic mass is 32.2. The highest BCUT2D eigenvalue weighted by Gasteiger charge is 2.40. The van der Waals surface area contributed by atoms with Crippen LogP contribution in [0.3, 0.4) is 0 Å². The first kappa shape index (κ1) is 18.1. The lowest BCUT2D eigenvalue weighted by Crippen LogP contribution is -2.61. The standard InChI is InChI=1S/C14H26N2O4S/c1-13(2)8-16(9-14(3,4)20-13)12(19)15-10(11(17)18)6-7-21-5/h10H,6-9H2,1-5H3,(H,15,19)(H,17,18)/t10-/m0/s1. The first-order valence-electron chi connectivity index (χ1n) is 7.04. The van der Waals surface area contributed by atoms with Crippen LogP contribution in [0.2, 0.25) is 0 Å². The van der Waals surface area contributed by atoms with Crippen LogP contribution in [0.15, 0.2) is 0 Å². The molecule has 122 valence electrons. The van der Waals surface area contributed by atoms with Gasteiger partial charge in [0.15, 0.2) is 0 Å². The van der Waals surface area contributed by atoms with Gasteiger partial charge < -0.3 is 20.1 Å². The van der Waals surface area contributed by atoms with Crippen molar-refractivity contribution in [2.75, 3.05) is 25.1 Å². The number of carbonyl (C=O) groups is 2. The van der Waals surface area contributed by atoms with Gasteiger partial charge in [0, 0.05) is 0 Å². The molecule has 0 saturated carbocycles. The lowest BCUT2D eigenvalue weighted by molar-refractivity contribution is -0.170. The molecule has 1 aliphatic rings. The summed E-state index contributed by atoms with van der Waals surface area (Å²) in [5, 5.41) is 11.8. The normalized spacial score (nSPS) is 21.7. The molecule has 0 aromatic rings. The molecule has 0 aromatic carbocycles. The van der Waals surface area contributed by atoms with Crippen LogP contribution in [-0.2, 0) is 9.53 Å².